The van der Waals surface area contributed by atoms with Crippen LogP contribution in [0.4, 0.5) is 0 Å². The number of carbonyl (C=O) groups excluding carboxylic acids is 2. The molecule has 0 aromatic heterocycles. The van der Waals surface area contributed by atoms with Gasteiger partial charge in [0.05, 0.1) is 18.6 Å². The Morgan fingerprint density at radius 2 is 2.04 bits per heavy atom. The van der Waals surface area contributed by atoms with E-state index in [4.69, 9.17) is 9.47 Å². The van der Waals surface area contributed by atoms with Gasteiger partial charge in [0.25, 0.3) is 5.91 Å². The molecule has 2 fully saturated rings. The zero-order valence-corrected chi connectivity index (χ0v) is 14.9. The lowest BCUT2D eigenvalue weighted by atomic mass is 9.96. The van der Waals surface area contributed by atoms with E-state index in [2.05, 4.69) is 0 Å². The van der Waals surface area contributed by atoms with Crippen molar-refractivity contribution in [3.05, 3.63) is 35.9 Å². The number of carbonyl (C=O) groups is 2. The summed E-state index contributed by atoms with van der Waals surface area (Å²) in [7, 11) is 0. The molecule has 3 rings (SSSR count). The van der Waals surface area contributed by atoms with Crippen LogP contribution in [-0.2, 0) is 14.3 Å². The van der Waals surface area contributed by atoms with Crippen molar-refractivity contribution < 1.29 is 19.1 Å². The normalized spacial score (nSPS) is 26.9. The molecule has 2 aliphatic heterocycles. The second-order valence-electron chi connectivity index (χ2n) is 7.16. The van der Waals surface area contributed by atoms with Crippen LogP contribution in [0.3, 0.4) is 0 Å². The van der Waals surface area contributed by atoms with Gasteiger partial charge in [0, 0.05) is 31.2 Å². The number of hydrogen-bond donors (Lipinski definition) is 0. The van der Waals surface area contributed by atoms with Crippen LogP contribution in [0, 0.1) is 11.8 Å². The average molecular weight is 345 g/mol. The molecule has 1 aromatic rings. The molecule has 2 saturated heterocycles. The number of benzene rings is 1. The van der Waals surface area contributed by atoms with Crippen LogP contribution in [0.1, 0.15) is 43.0 Å². The lowest BCUT2D eigenvalue weighted by Gasteiger charge is -2.33. The second kappa shape index (κ2) is 8.48. The highest BCUT2D eigenvalue weighted by molar-refractivity contribution is 5.94. The minimum Gasteiger partial charge on any atom is -0.465 e. The molecule has 0 bridgehead atoms. The first kappa shape index (κ1) is 17.9. The molecule has 1 aromatic carbocycles. The average Bonchev–Trinajstić information content (AvgIpc) is 2.66. The Balaban J connectivity index is 1.48. The SMILES string of the molecule is C[C@@H]1C[C@H](C(=O)OC[C@@H]2CCCN(C(=O)c3ccccc3)C2)CCO1. The van der Waals surface area contributed by atoms with E-state index >= 15 is 0 Å². The maximum Gasteiger partial charge on any atom is 0.309 e. The third-order valence-electron chi connectivity index (χ3n) is 5.11. The Hall–Kier alpha value is -1.88. The van der Waals surface area contributed by atoms with Crippen molar-refractivity contribution in [2.75, 3.05) is 26.3 Å². The molecule has 3 atom stereocenters. The smallest absolute Gasteiger partial charge is 0.309 e. The number of amides is 1. The largest absolute Gasteiger partial charge is 0.465 e. The standard InChI is InChI=1S/C20H27NO4/c1-15-12-18(9-11-24-15)20(23)25-14-16-6-5-10-21(13-16)19(22)17-7-3-2-4-8-17/h2-4,7-8,15-16,18H,5-6,9-14H2,1H3/t15-,16-,18-/m1/s1. The predicted octanol–water partition coefficient (Wildman–Crippen LogP) is 2.90. The van der Waals surface area contributed by atoms with Gasteiger partial charge in [-0.25, -0.2) is 0 Å². The minimum atomic E-state index is -0.110. The van der Waals surface area contributed by atoms with Gasteiger partial charge in [-0.2, -0.15) is 0 Å². The third-order valence-corrected chi connectivity index (χ3v) is 5.11. The summed E-state index contributed by atoms with van der Waals surface area (Å²) in [6.45, 7) is 4.46. The van der Waals surface area contributed by atoms with Crippen LogP contribution >= 0.6 is 0 Å². The van der Waals surface area contributed by atoms with Gasteiger partial charge in [-0.3, -0.25) is 9.59 Å². The fourth-order valence-electron chi connectivity index (χ4n) is 3.68. The fraction of sp³-hybridized carbons (Fsp3) is 0.600. The third kappa shape index (κ3) is 4.82. The monoisotopic (exact) mass is 345 g/mol. The van der Waals surface area contributed by atoms with Gasteiger partial charge >= 0.3 is 5.97 Å². The number of rotatable bonds is 4. The summed E-state index contributed by atoms with van der Waals surface area (Å²) < 4.78 is 11.1. The number of hydrogen-bond acceptors (Lipinski definition) is 4. The van der Waals surface area contributed by atoms with Crippen molar-refractivity contribution in [2.45, 2.75) is 38.7 Å². The highest BCUT2D eigenvalue weighted by Gasteiger charge is 2.29. The van der Waals surface area contributed by atoms with E-state index in [9.17, 15) is 9.59 Å². The molecule has 5 heteroatoms. The maximum absolute atomic E-state index is 12.6. The Labute approximate surface area is 149 Å². The number of esters is 1. The highest BCUT2D eigenvalue weighted by atomic mass is 16.5. The molecule has 2 heterocycles. The molecular formula is C20H27NO4. The van der Waals surface area contributed by atoms with Crippen molar-refractivity contribution >= 4 is 11.9 Å². The highest BCUT2D eigenvalue weighted by Crippen LogP contribution is 2.23. The van der Waals surface area contributed by atoms with E-state index in [1.54, 1.807) is 0 Å². The van der Waals surface area contributed by atoms with Crippen LogP contribution in [0.2, 0.25) is 0 Å². The molecule has 1 amide bonds. The Kier molecular flexibility index (Phi) is 6.08. The molecule has 5 nitrogen and oxygen atoms in total. The quantitative estimate of drug-likeness (QED) is 0.788. The molecule has 0 unspecified atom stereocenters. The predicted molar refractivity (Wildman–Crippen MR) is 94.2 cm³/mol. The van der Waals surface area contributed by atoms with Crippen LogP contribution in [0.25, 0.3) is 0 Å². The molecule has 2 aliphatic rings. The minimum absolute atomic E-state index is 0.0469. The Morgan fingerprint density at radius 3 is 2.80 bits per heavy atom. The Bertz CT molecular complexity index is 589. The molecule has 136 valence electrons. The van der Waals surface area contributed by atoms with Crippen molar-refractivity contribution in [1.82, 2.24) is 4.90 Å². The van der Waals surface area contributed by atoms with E-state index in [1.165, 1.54) is 0 Å². The van der Waals surface area contributed by atoms with Crippen molar-refractivity contribution in [3.63, 3.8) is 0 Å². The van der Waals surface area contributed by atoms with Gasteiger partial charge in [-0.1, -0.05) is 18.2 Å². The lowest BCUT2D eigenvalue weighted by molar-refractivity contribution is -0.155. The lowest BCUT2D eigenvalue weighted by Crippen LogP contribution is -2.41. The zero-order valence-electron chi connectivity index (χ0n) is 14.9. The van der Waals surface area contributed by atoms with E-state index in [0.29, 0.717) is 19.8 Å². The van der Waals surface area contributed by atoms with Gasteiger partial charge in [-0.05, 0) is 44.7 Å². The first-order valence-electron chi connectivity index (χ1n) is 9.26. The van der Waals surface area contributed by atoms with E-state index in [-0.39, 0.29) is 29.8 Å². The van der Waals surface area contributed by atoms with Gasteiger partial charge in [0.1, 0.15) is 0 Å². The number of piperidine rings is 1. The summed E-state index contributed by atoms with van der Waals surface area (Å²) in [5.74, 6) is 0.133. The van der Waals surface area contributed by atoms with Crippen LogP contribution in [-0.4, -0.2) is 49.2 Å². The Morgan fingerprint density at radius 1 is 1.24 bits per heavy atom. The van der Waals surface area contributed by atoms with Crippen molar-refractivity contribution in [2.24, 2.45) is 11.8 Å². The van der Waals surface area contributed by atoms with Crippen molar-refractivity contribution in [1.29, 1.82) is 0 Å². The van der Waals surface area contributed by atoms with Gasteiger partial charge in [0.2, 0.25) is 0 Å². The summed E-state index contributed by atoms with van der Waals surface area (Å²) >= 11 is 0. The molecule has 0 N–H and O–H groups in total. The number of ether oxygens (including phenoxy) is 2. The summed E-state index contributed by atoms with van der Waals surface area (Å²) in [6, 6.07) is 9.36. The zero-order chi connectivity index (χ0) is 17.6. The molecule has 0 aliphatic carbocycles. The molecule has 0 spiro atoms. The van der Waals surface area contributed by atoms with Crippen molar-refractivity contribution in [3.8, 4) is 0 Å². The molecule has 25 heavy (non-hydrogen) atoms. The molecule has 0 radical (unpaired) electrons. The van der Waals surface area contributed by atoms with Gasteiger partial charge < -0.3 is 14.4 Å². The van der Waals surface area contributed by atoms with Gasteiger partial charge in [0.15, 0.2) is 0 Å². The molecular weight excluding hydrogens is 318 g/mol. The maximum atomic E-state index is 12.6. The first-order valence-corrected chi connectivity index (χ1v) is 9.26. The van der Waals surface area contributed by atoms with E-state index in [1.807, 2.05) is 42.2 Å². The fourth-order valence-corrected chi connectivity index (χ4v) is 3.68. The topological polar surface area (TPSA) is 55.8 Å². The molecule has 0 saturated carbocycles. The summed E-state index contributed by atoms with van der Waals surface area (Å²) in [5.41, 5.74) is 0.719. The number of likely N-dealkylation sites (tertiary alicyclic amines) is 1. The van der Waals surface area contributed by atoms with Crippen LogP contribution < -0.4 is 0 Å². The second-order valence-corrected chi connectivity index (χ2v) is 7.16. The first-order chi connectivity index (χ1) is 12.1. The number of nitrogens with zero attached hydrogens (tertiary/aromatic N) is 1. The van der Waals surface area contributed by atoms with E-state index < -0.39 is 0 Å². The van der Waals surface area contributed by atoms with Crippen LogP contribution in [0.15, 0.2) is 30.3 Å². The summed E-state index contributed by atoms with van der Waals surface area (Å²) in [4.78, 5) is 26.7. The van der Waals surface area contributed by atoms with Crippen LogP contribution in [0.5, 0.6) is 0 Å². The van der Waals surface area contributed by atoms with Gasteiger partial charge in [-0.15, -0.1) is 0 Å². The van der Waals surface area contributed by atoms with E-state index in [0.717, 1.165) is 37.8 Å². The summed E-state index contributed by atoms with van der Waals surface area (Å²) in [6.07, 6.45) is 3.56. The summed E-state index contributed by atoms with van der Waals surface area (Å²) in [5, 5.41) is 0.